The molecule has 0 amide bonds. The van der Waals surface area contributed by atoms with Crippen molar-refractivity contribution in [3.63, 3.8) is 0 Å². The smallest absolute Gasteiger partial charge is 0.200 e. The van der Waals surface area contributed by atoms with Gasteiger partial charge in [0.15, 0.2) is 23.3 Å². The lowest BCUT2D eigenvalue weighted by Crippen LogP contribution is -2.06. The standard InChI is InChI=1S/C16H12F5N/c1-7-4-8(2)16(9(3)5-7)22-6-10-11(17)13(19)15(21)14(20)12(10)18/h4-6H,1-3H3. The van der Waals surface area contributed by atoms with Crippen LogP contribution in [-0.4, -0.2) is 6.21 Å². The van der Waals surface area contributed by atoms with Crippen molar-refractivity contribution < 1.29 is 22.0 Å². The molecule has 6 heteroatoms. The Balaban J connectivity index is 2.57. The molecule has 0 aromatic heterocycles. The summed E-state index contributed by atoms with van der Waals surface area (Å²) in [4.78, 5) is 3.89. The van der Waals surface area contributed by atoms with Crippen LogP contribution in [0.1, 0.15) is 22.3 Å². The molecule has 0 N–H and O–H groups in total. The first-order valence-corrected chi connectivity index (χ1v) is 6.37. The molecule has 0 radical (unpaired) electrons. The van der Waals surface area contributed by atoms with Crippen molar-refractivity contribution in [3.05, 3.63) is 63.5 Å². The molecule has 0 saturated carbocycles. The molecule has 22 heavy (non-hydrogen) atoms. The molecule has 0 heterocycles. The average Bonchev–Trinajstić information content (AvgIpc) is 2.45. The summed E-state index contributed by atoms with van der Waals surface area (Å²) in [7, 11) is 0. The highest BCUT2D eigenvalue weighted by Gasteiger charge is 2.24. The van der Waals surface area contributed by atoms with Gasteiger partial charge in [-0.05, 0) is 31.9 Å². The first-order valence-electron chi connectivity index (χ1n) is 6.37. The summed E-state index contributed by atoms with van der Waals surface area (Å²) in [5.74, 6) is -9.96. The minimum absolute atomic E-state index is 0.426. The molecular formula is C16H12F5N. The summed E-state index contributed by atoms with van der Waals surface area (Å²) in [5.41, 5.74) is 1.81. The van der Waals surface area contributed by atoms with Crippen molar-refractivity contribution in [2.24, 2.45) is 4.99 Å². The highest BCUT2D eigenvalue weighted by atomic mass is 19.2. The third kappa shape index (κ3) is 2.73. The Morgan fingerprint density at radius 3 is 1.59 bits per heavy atom. The largest absolute Gasteiger partial charge is 0.255 e. The molecule has 2 aromatic carbocycles. The van der Waals surface area contributed by atoms with E-state index in [1.54, 1.807) is 26.0 Å². The second-order valence-corrected chi connectivity index (χ2v) is 4.99. The second-order valence-electron chi connectivity index (χ2n) is 4.99. The van der Waals surface area contributed by atoms with Gasteiger partial charge in [0.2, 0.25) is 5.82 Å². The Bertz CT molecular complexity index is 729. The van der Waals surface area contributed by atoms with Gasteiger partial charge in [0, 0.05) is 6.21 Å². The van der Waals surface area contributed by atoms with Crippen LogP contribution in [0.2, 0.25) is 0 Å². The normalized spacial score (nSPS) is 11.5. The molecule has 0 aliphatic carbocycles. The summed E-state index contributed by atoms with van der Waals surface area (Å²) >= 11 is 0. The van der Waals surface area contributed by atoms with Gasteiger partial charge in [-0.15, -0.1) is 0 Å². The van der Waals surface area contributed by atoms with Crippen molar-refractivity contribution in [2.75, 3.05) is 0 Å². The van der Waals surface area contributed by atoms with Crippen molar-refractivity contribution >= 4 is 11.9 Å². The molecule has 0 aliphatic rings. The summed E-state index contributed by atoms with van der Waals surface area (Å²) in [6.07, 6.45) is 0.654. The Hall–Kier alpha value is -2.24. The predicted molar refractivity (Wildman–Crippen MR) is 74.1 cm³/mol. The maximum Gasteiger partial charge on any atom is 0.200 e. The Morgan fingerprint density at radius 1 is 0.727 bits per heavy atom. The second kappa shape index (κ2) is 5.87. The van der Waals surface area contributed by atoms with E-state index in [-0.39, 0.29) is 0 Å². The molecule has 0 fully saturated rings. The van der Waals surface area contributed by atoms with Crippen LogP contribution in [-0.2, 0) is 0 Å². The van der Waals surface area contributed by atoms with E-state index in [9.17, 15) is 22.0 Å². The fourth-order valence-electron chi connectivity index (χ4n) is 2.24. The van der Waals surface area contributed by atoms with Gasteiger partial charge >= 0.3 is 0 Å². The lowest BCUT2D eigenvalue weighted by Gasteiger charge is -2.07. The van der Waals surface area contributed by atoms with Crippen LogP contribution in [0.5, 0.6) is 0 Å². The highest BCUT2D eigenvalue weighted by molar-refractivity contribution is 5.83. The number of aliphatic imine (C=N–C) groups is 1. The molecular weight excluding hydrogens is 301 g/mol. The quantitative estimate of drug-likeness (QED) is 0.318. The maximum atomic E-state index is 13.6. The average molecular weight is 313 g/mol. The monoisotopic (exact) mass is 313 g/mol. The Kier molecular flexibility index (Phi) is 4.30. The summed E-state index contributed by atoms with van der Waals surface area (Å²) in [6.45, 7) is 5.36. The molecule has 0 unspecified atom stereocenters. The fraction of sp³-hybridized carbons (Fsp3) is 0.188. The SMILES string of the molecule is Cc1cc(C)c(N=Cc2c(F)c(F)c(F)c(F)c2F)c(C)c1. The first kappa shape index (κ1) is 16.1. The lowest BCUT2D eigenvalue weighted by molar-refractivity contribution is 0.377. The Morgan fingerprint density at radius 2 is 1.14 bits per heavy atom. The third-order valence-corrected chi connectivity index (χ3v) is 3.20. The van der Waals surface area contributed by atoms with Gasteiger partial charge in [0.25, 0.3) is 0 Å². The minimum atomic E-state index is -2.19. The van der Waals surface area contributed by atoms with E-state index in [0.29, 0.717) is 11.9 Å². The van der Waals surface area contributed by atoms with Gasteiger partial charge in [0.05, 0.1) is 11.3 Å². The van der Waals surface area contributed by atoms with Crippen LogP contribution in [0.25, 0.3) is 0 Å². The first-order chi connectivity index (χ1) is 10.2. The van der Waals surface area contributed by atoms with Gasteiger partial charge in [-0.1, -0.05) is 17.7 Å². The number of hydrogen-bond donors (Lipinski definition) is 0. The van der Waals surface area contributed by atoms with Gasteiger partial charge < -0.3 is 0 Å². The van der Waals surface area contributed by atoms with Crippen molar-refractivity contribution in [1.82, 2.24) is 0 Å². The van der Waals surface area contributed by atoms with Crippen LogP contribution in [0, 0.1) is 49.9 Å². The van der Waals surface area contributed by atoms with Gasteiger partial charge in [-0.2, -0.15) is 0 Å². The van der Waals surface area contributed by atoms with Crippen molar-refractivity contribution in [1.29, 1.82) is 0 Å². The lowest BCUT2D eigenvalue weighted by atomic mass is 10.1. The van der Waals surface area contributed by atoms with Crippen LogP contribution >= 0.6 is 0 Å². The molecule has 0 saturated heterocycles. The summed E-state index contributed by atoms with van der Waals surface area (Å²) in [6, 6.07) is 3.61. The number of halogens is 5. The molecule has 2 aromatic rings. The fourth-order valence-corrected chi connectivity index (χ4v) is 2.24. The van der Waals surface area contributed by atoms with Crippen LogP contribution in [0.15, 0.2) is 17.1 Å². The van der Waals surface area contributed by atoms with E-state index >= 15 is 0 Å². The van der Waals surface area contributed by atoms with E-state index in [1.807, 2.05) is 6.92 Å². The summed E-state index contributed by atoms with van der Waals surface area (Å²) in [5, 5.41) is 0. The molecule has 2 rings (SSSR count). The number of rotatable bonds is 2. The molecule has 0 atom stereocenters. The van der Waals surface area contributed by atoms with E-state index in [1.165, 1.54) is 0 Å². The molecule has 1 nitrogen and oxygen atoms in total. The minimum Gasteiger partial charge on any atom is -0.255 e. The number of nitrogens with zero attached hydrogens (tertiary/aromatic N) is 1. The van der Waals surface area contributed by atoms with Crippen LogP contribution in [0.4, 0.5) is 27.6 Å². The number of aryl methyl sites for hydroxylation is 3. The number of benzene rings is 2. The van der Waals surface area contributed by atoms with E-state index in [0.717, 1.165) is 16.7 Å². The Labute approximate surface area is 124 Å². The zero-order valence-corrected chi connectivity index (χ0v) is 12.1. The van der Waals surface area contributed by atoms with Gasteiger partial charge in [-0.3, -0.25) is 4.99 Å². The number of hydrogen-bond acceptors (Lipinski definition) is 1. The maximum absolute atomic E-state index is 13.6. The highest BCUT2D eigenvalue weighted by Crippen LogP contribution is 2.26. The molecule has 116 valence electrons. The topological polar surface area (TPSA) is 12.4 Å². The molecule has 0 bridgehead atoms. The van der Waals surface area contributed by atoms with E-state index in [2.05, 4.69) is 4.99 Å². The van der Waals surface area contributed by atoms with Crippen molar-refractivity contribution in [2.45, 2.75) is 20.8 Å². The third-order valence-electron chi connectivity index (χ3n) is 3.20. The van der Waals surface area contributed by atoms with Gasteiger partial charge in [-0.25, -0.2) is 22.0 Å². The van der Waals surface area contributed by atoms with Crippen molar-refractivity contribution in [3.8, 4) is 0 Å². The zero-order valence-electron chi connectivity index (χ0n) is 12.1. The van der Waals surface area contributed by atoms with Crippen LogP contribution < -0.4 is 0 Å². The van der Waals surface area contributed by atoms with Gasteiger partial charge in [0.1, 0.15) is 0 Å². The van der Waals surface area contributed by atoms with E-state index < -0.39 is 34.6 Å². The zero-order chi connectivity index (χ0) is 16.6. The molecule has 0 spiro atoms. The summed E-state index contributed by atoms with van der Waals surface area (Å²) < 4.78 is 66.3. The van der Waals surface area contributed by atoms with Crippen LogP contribution in [0.3, 0.4) is 0 Å². The van der Waals surface area contributed by atoms with E-state index in [4.69, 9.17) is 0 Å². The predicted octanol–water partition coefficient (Wildman–Crippen LogP) is 5.06. The molecule has 0 aliphatic heterocycles.